The molecule has 41 valence electrons. The van der Waals surface area contributed by atoms with E-state index in [1.54, 1.807) is 6.07 Å². The molecule has 1 radical (unpaired) electrons. The number of carbonyl (C=O) groups is 1. The molecule has 0 aliphatic heterocycles. The summed E-state index contributed by atoms with van der Waals surface area (Å²) < 4.78 is 0. The van der Waals surface area contributed by atoms with Gasteiger partial charge >= 0.3 is 5.97 Å². The van der Waals surface area contributed by atoms with Crippen LogP contribution in [0.4, 0.5) is 0 Å². The molecular weight excluding hydrogens is 106 g/mol. The molecule has 0 aromatic rings. The molecule has 1 saturated carbocycles. The number of aliphatic carboxylic acids is 1. The highest BCUT2D eigenvalue weighted by Gasteiger charge is 2.51. The van der Waals surface area contributed by atoms with Gasteiger partial charge in [-0.2, -0.15) is 5.26 Å². The van der Waals surface area contributed by atoms with Crippen LogP contribution in [0.3, 0.4) is 0 Å². The van der Waals surface area contributed by atoms with Crippen molar-refractivity contribution >= 4 is 5.97 Å². The van der Waals surface area contributed by atoms with Crippen molar-refractivity contribution in [3.05, 3.63) is 6.42 Å². The minimum atomic E-state index is -1.11. The lowest BCUT2D eigenvalue weighted by Gasteiger charge is -1.91. The van der Waals surface area contributed by atoms with Crippen molar-refractivity contribution in [2.24, 2.45) is 5.41 Å². The standard InChI is InChI=1S/C5H4NO2/c6-3-5(1-2-5)4(7)8/h1H,2H2,(H,7,8). The third kappa shape index (κ3) is 0.463. The largest absolute Gasteiger partial charge is 0.480 e. The van der Waals surface area contributed by atoms with Gasteiger partial charge in [0.1, 0.15) is 0 Å². The Hall–Kier alpha value is -1.04. The van der Waals surface area contributed by atoms with Crippen molar-refractivity contribution in [1.29, 1.82) is 5.26 Å². The summed E-state index contributed by atoms with van der Waals surface area (Å²) in [5, 5.41) is 16.4. The third-order valence-electron chi connectivity index (χ3n) is 1.19. The van der Waals surface area contributed by atoms with Crippen molar-refractivity contribution in [2.45, 2.75) is 6.42 Å². The molecule has 0 saturated heterocycles. The van der Waals surface area contributed by atoms with Crippen LogP contribution in [-0.4, -0.2) is 11.1 Å². The first kappa shape index (κ1) is 5.10. The second kappa shape index (κ2) is 1.22. The van der Waals surface area contributed by atoms with Crippen LogP contribution >= 0.6 is 0 Å². The van der Waals surface area contributed by atoms with E-state index in [2.05, 4.69) is 0 Å². The van der Waals surface area contributed by atoms with Crippen LogP contribution in [0.5, 0.6) is 0 Å². The van der Waals surface area contributed by atoms with E-state index >= 15 is 0 Å². The fourth-order valence-electron chi connectivity index (χ4n) is 0.416. The van der Waals surface area contributed by atoms with Crippen LogP contribution in [0.15, 0.2) is 0 Å². The normalized spacial score (nSPS) is 21.4. The summed E-state index contributed by atoms with van der Waals surface area (Å²) in [6.07, 6.45) is 1.88. The van der Waals surface area contributed by atoms with Gasteiger partial charge in [0, 0.05) is 0 Å². The first-order valence-corrected chi connectivity index (χ1v) is 2.20. The molecule has 8 heavy (non-hydrogen) atoms. The topological polar surface area (TPSA) is 61.1 Å². The van der Waals surface area contributed by atoms with Gasteiger partial charge in [-0.25, -0.2) is 0 Å². The van der Waals surface area contributed by atoms with Gasteiger partial charge in [-0.3, -0.25) is 4.79 Å². The Morgan fingerprint density at radius 3 is 2.50 bits per heavy atom. The highest BCUT2D eigenvalue weighted by atomic mass is 16.4. The number of nitrogens with zero attached hydrogens (tertiary/aromatic N) is 1. The molecule has 0 aromatic heterocycles. The Morgan fingerprint density at radius 2 is 2.50 bits per heavy atom. The van der Waals surface area contributed by atoms with Crippen LogP contribution in [-0.2, 0) is 4.79 Å². The predicted molar refractivity (Wildman–Crippen MR) is 24.6 cm³/mol. The fraction of sp³-hybridized carbons (Fsp3) is 0.400. The molecule has 0 heterocycles. The molecule has 1 aliphatic rings. The Morgan fingerprint density at radius 1 is 2.00 bits per heavy atom. The van der Waals surface area contributed by atoms with E-state index in [0.717, 1.165) is 0 Å². The molecule has 3 nitrogen and oxygen atoms in total. The molecule has 1 aliphatic carbocycles. The van der Waals surface area contributed by atoms with Crippen LogP contribution in [0.2, 0.25) is 0 Å². The Kier molecular flexibility index (Phi) is 0.779. The molecule has 3 heteroatoms. The molecule has 0 bridgehead atoms. The number of carboxylic acids is 1. The SMILES string of the molecule is N#CC1(C(=O)O)[CH]C1. The number of carboxylic acid groups (broad SMARTS) is 1. The Bertz CT molecular complexity index is 164. The van der Waals surface area contributed by atoms with Gasteiger partial charge < -0.3 is 5.11 Å². The third-order valence-corrected chi connectivity index (χ3v) is 1.19. The van der Waals surface area contributed by atoms with E-state index in [1.807, 2.05) is 0 Å². The average molecular weight is 110 g/mol. The Balaban J connectivity index is 2.71. The molecule has 1 atom stereocenters. The van der Waals surface area contributed by atoms with Crippen molar-refractivity contribution < 1.29 is 9.90 Å². The van der Waals surface area contributed by atoms with Gasteiger partial charge in [0.2, 0.25) is 0 Å². The minimum absolute atomic E-state index is 0.402. The first-order chi connectivity index (χ1) is 3.71. The quantitative estimate of drug-likeness (QED) is 0.524. The molecule has 0 spiro atoms. The maximum absolute atomic E-state index is 10.1. The smallest absolute Gasteiger partial charge is 0.324 e. The summed E-state index contributed by atoms with van der Waals surface area (Å²) in [6, 6.07) is 1.70. The molecule has 0 aromatic carbocycles. The van der Waals surface area contributed by atoms with E-state index in [9.17, 15) is 4.79 Å². The van der Waals surface area contributed by atoms with Crippen LogP contribution < -0.4 is 0 Å². The monoisotopic (exact) mass is 110 g/mol. The van der Waals surface area contributed by atoms with Crippen molar-refractivity contribution in [1.82, 2.24) is 0 Å². The van der Waals surface area contributed by atoms with E-state index in [-0.39, 0.29) is 0 Å². The van der Waals surface area contributed by atoms with Crippen molar-refractivity contribution in [3.8, 4) is 6.07 Å². The summed E-state index contributed by atoms with van der Waals surface area (Å²) in [6.45, 7) is 0. The number of hydrogen-bond acceptors (Lipinski definition) is 2. The molecule has 0 amide bonds. The van der Waals surface area contributed by atoms with Crippen LogP contribution in [0.1, 0.15) is 6.42 Å². The summed E-state index contributed by atoms with van der Waals surface area (Å²) in [5.41, 5.74) is -1.11. The number of nitriles is 1. The summed E-state index contributed by atoms with van der Waals surface area (Å²) >= 11 is 0. The summed E-state index contributed by atoms with van der Waals surface area (Å²) in [4.78, 5) is 10.1. The first-order valence-electron chi connectivity index (χ1n) is 2.20. The van der Waals surface area contributed by atoms with E-state index < -0.39 is 11.4 Å². The molecule has 1 rings (SSSR count). The Labute approximate surface area is 46.5 Å². The lowest BCUT2D eigenvalue weighted by atomic mass is 10.1. The second-order valence-corrected chi connectivity index (χ2v) is 1.80. The van der Waals surface area contributed by atoms with Crippen LogP contribution in [0.25, 0.3) is 0 Å². The molecular formula is C5H4NO2. The summed E-state index contributed by atoms with van der Waals surface area (Å²) in [7, 11) is 0. The van der Waals surface area contributed by atoms with Crippen molar-refractivity contribution in [2.75, 3.05) is 0 Å². The fourth-order valence-corrected chi connectivity index (χ4v) is 0.416. The van der Waals surface area contributed by atoms with Gasteiger partial charge in [0.25, 0.3) is 0 Å². The van der Waals surface area contributed by atoms with E-state index in [4.69, 9.17) is 10.4 Å². The summed E-state index contributed by atoms with van der Waals surface area (Å²) in [5.74, 6) is -1.03. The highest BCUT2D eigenvalue weighted by Crippen LogP contribution is 2.43. The zero-order chi connectivity index (χ0) is 6.20. The average Bonchev–Trinajstić information content (AvgIpc) is 2.44. The molecule has 1 unspecified atom stereocenters. The predicted octanol–water partition coefficient (Wildman–Crippen LogP) is 0.189. The lowest BCUT2D eigenvalue weighted by molar-refractivity contribution is -0.140. The maximum Gasteiger partial charge on any atom is 0.324 e. The number of hydrogen-bond donors (Lipinski definition) is 1. The molecule has 1 fully saturated rings. The van der Waals surface area contributed by atoms with E-state index in [1.165, 1.54) is 6.42 Å². The molecule has 1 N–H and O–H groups in total. The maximum atomic E-state index is 10.1. The zero-order valence-corrected chi connectivity index (χ0v) is 4.09. The van der Waals surface area contributed by atoms with E-state index in [0.29, 0.717) is 6.42 Å². The van der Waals surface area contributed by atoms with Gasteiger partial charge in [-0.05, 0) is 12.8 Å². The van der Waals surface area contributed by atoms with Crippen LogP contribution in [0, 0.1) is 23.2 Å². The van der Waals surface area contributed by atoms with Crippen molar-refractivity contribution in [3.63, 3.8) is 0 Å². The van der Waals surface area contributed by atoms with Gasteiger partial charge in [0.15, 0.2) is 5.41 Å². The number of rotatable bonds is 1. The van der Waals surface area contributed by atoms with Gasteiger partial charge in [0.05, 0.1) is 6.07 Å². The minimum Gasteiger partial charge on any atom is -0.480 e. The zero-order valence-electron chi connectivity index (χ0n) is 4.09. The lowest BCUT2D eigenvalue weighted by Crippen LogP contribution is -2.11. The van der Waals surface area contributed by atoms with Gasteiger partial charge in [-0.15, -0.1) is 0 Å². The highest BCUT2D eigenvalue weighted by molar-refractivity contribution is 5.84. The second-order valence-electron chi connectivity index (χ2n) is 1.80. The van der Waals surface area contributed by atoms with Gasteiger partial charge in [-0.1, -0.05) is 0 Å².